The standard InChI is InChI=1S/C16H25NO3/c18-14(10-17-15-8-4-5-9-16(15)19)12-20-11-13-6-2-1-3-7-13/h1-3,6-7,14-19H,4-5,8-12H2. The average molecular weight is 279 g/mol. The van der Waals surface area contributed by atoms with Crippen molar-refractivity contribution in [3.8, 4) is 0 Å². The molecule has 0 saturated heterocycles. The maximum atomic E-state index is 9.87. The molecule has 112 valence electrons. The molecule has 1 fully saturated rings. The highest BCUT2D eigenvalue weighted by atomic mass is 16.5. The van der Waals surface area contributed by atoms with Crippen LogP contribution in [0.4, 0.5) is 0 Å². The summed E-state index contributed by atoms with van der Waals surface area (Å²) in [6.45, 7) is 1.30. The Bertz CT molecular complexity index is 371. The summed E-state index contributed by atoms with van der Waals surface area (Å²) in [7, 11) is 0. The summed E-state index contributed by atoms with van der Waals surface area (Å²) in [5, 5.41) is 22.9. The molecule has 1 aliphatic rings. The fourth-order valence-corrected chi connectivity index (χ4v) is 2.58. The van der Waals surface area contributed by atoms with Crippen LogP contribution in [0.25, 0.3) is 0 Å². The van der Waals surface area contributed by atoms with Crippen LogP contribution in [-0.4, -0.2) is 41.6 Å². The first-order valence-electron chi connectivity index (χ1n) is 7.47. The molecule has 2 rings (SSSR count). The molecule has 4 nitrogen and oxygen atoms in total. The molecular formula is C16H25NO3. The maximum Gasteiger partial charge on any atom is 0.0897 e. The summed E-state index contributed by atoms with van der Waals surface area (Å²) in [6.07, 6.45) is 3.28. The molecule has 0 amide bonds. The molecule has 0 aromatic heterocycles. The Morgan fingerprint density at radius 1 is 1.20 bits per heavy atom. The van der Waals surface area contributed by atoms with Crippen molar-refractivity contribution in [1.82, 2.24) is 5.32 Å². The average Bonchev–Trinajstić information content (AvgIpc) is 2.47. The highest BCUT2D eigenvalue weighted by Crippen LogP contribution is 2.18. The zero-order valence-electron chi connectivity index (χ0n) is 11.9. The first kappa shape index (κ1) is 15.4. The third-order valence-electron chi connectivity index (χ3n) is 3.77. The van der Waals surface area contributed by atoms with Crippen molar-refractivity contribution in [2.75, 3.05) is 13.2 Å². The minimum Gasteiger partial charge on any atom is -0.392 e. The van der Waals surface area contributed by atoms with Crippen molar-refractivity contribution in [1.29, 1.82) is 0 Å². The van der Waals surface area contributed by atoms with E-state index >= 15 is 0 Å². The number of nitrogens with one attached hydrogen (secondary N) is 1. The van der Waals surface area contributed by atoms with E-state index in [0.717, 1.165) is 31.2 Å². The van der Waals surface area contributed by atoms with Gasteiger partial charge < -0.3 is 20.3 Å². The molecule has 3 atom stereocenters. The van der Waals surface area contributed by atoms with Gasteiger partial charge in [0.2, 0.25) is 0 Å². The molecular weight excluding hydrogens is 254 g/mol. The van der Waals surface area contributed by atoms with E-state index in [1.54, 1.807) is 0 Å². The van der Waals surface area contributed by atoms with Crippen LogP contribution in [0.1, 0.15) is 31.2 Å². The molecule has 3 N–H and O–H groups in total. The number of aliphatic hydroxyl groups excluding tert-OH is 2. The molecule has 0 aliphatic heterocycles. The smallest absolute Gasteiger partial charge is 0.0897 e. The van der Waals surface area contributed by atoms with E-state index in [1.807, 2.05) is 30.3 Å². The van der Waals surface area contributed by atoms with E-state index in [-0.39, 0.29) is 12.1 Å². The Balaban J connectivity index is 1.59. The summed E-state index contributed by atoms with van der Waals surface area (Å²) >= 11 is 0. The fourth-order valence-electron chi connectivity index (χ4n) is 2.58. The second-order valence-electron chi connectivity index (χ2n) is 5.52. The molecule has 1 aliphatic carbocycles. The molecule has 0 bridgehead atoms. The van der Waals surface area contributed by atoms with Gasteiger partial charge in [0.05, 0.1) is 25.4 Å². The van der Waals surface area contributed by atoms with E-state index in [2.05, 4.69) is 5.32 Å². The van der Waals surface area contributed by atoms with Crippen LogP contribution in [0.15, 0.2) is 30.3 Å². The number of aliphatic hydroxyl groups is 2. The van der Waals surface area contributed by atoms with Gasteiger partial charge in [-0.15, -0.1) is 0 Å². The predicted octanol–water partition coefficient (Wildman–Crippen LogP) is 1.46. The third-order valence-corrected chi connectivity index (χ3v) is 3.77. The van der Waals surface area contributed by atoms with Gasteiger partial charge in [-0.1, -0.05) is 43.2 Å². The highest BCUT2D eigenvalue weighted by Gasteiger charge is 2.22. The Labute approximate surface area is 120 Å². The lowest BCUT2D eigenvalue weighted by Gasteiger charge is -2.29. The lowest BCUT2D eigenvalue weighted by Crippen LogP contribution is -2.45. The van der Waals surface area contributed by atoms with Crippen LogP contribution in [0.5, 0.6) is 0 Å². The number of ether oxygens (including phenoxy) is 1. The number of rotatable bonds is 7. The van der Waals surface area contributed by atoms with Gasteiger partial charge >= 0.3 is 0 Å². The van der Waals surface area contributed by atoms with Crippen molar-refractivity contribution >= 4 is 0 Å². The topological polar surface area (TPSA) is 61.7 Å². The zero-order chi connectivity index (χ0) is 14.2. The molecule has 1 aromatic carbocycles. The Morgan fingerprint density at radius 2 is 1.95 bits per heavy atom. The van der Waals surface area contributed by atoms with E-state index in [9.17, 15) is 10.2 Å². The summed E-state index contributed by atoms with van der Waals surface area (Å²) in [5.74, 6) is 0. The summed E-state index contributed by atoms with van der Waals surface area (Å²) in [5.41, 5.74) is 1.11. The molecule has 3 unspecified atom stereocenters. The Hall–Kier alpha value is -0.940. The lowest BCUT2D eigenvalue weighted by molar-refractivity contribution is 0.0208. The van der Waals surface area contributed by atoms with Gasteiger partial charge in [0, 0.05) is 12.6 Å². The lowest BCUT2D eigenvalue weighted by atomic mass is 9.92. The summed E-state index contributed by atoms with van der Waals surface area (Å²) in [4.78, 5) is 0. The Kier molecular flexibility index (Phi) is 6.47. The van der Waals surface area contributed by atoms with Crippen molar-refractivity contribution in [3.63, 3.8) is 0 Å². The first-order chi connectivity index (χ1) is 9.75. The molecule has 20 heavy (non-hydrogen) atoms. The second-order valence-corrected chi connectivity index (χ2v) is 5.52. The molecule has 0 spiro atoms. The Morgan fingerprint density at radius 3 is 2.70 bits per heavy atom. The van der Waals surface area contributed by atoms with Crippen LogP contribution in [0.2, 0.25) is 0 Å². The van der Waals surface area contributed by atoms with Crippen molar-refractivity contribution in [3.05, 3.63) is 35.9 Å². The SMILES string of the molecule is OC(CNC1CCCCC1O)COCc1ccccc1. The molecule has 1 aromatic rings. The van der Waals surface area contributed by atoms with Crippen molar-refractivity contribution < 1.29 is 14.9 Å². The number of benzene rings is 1. The van der Waals surface area contributed by atoms with Gasteiger partial charge in [-0.3, -0.25) is 0 Å². The molecule has 4 heteroatoms. The normalized spacial score (nSPS) is 24.5. The van der Waals surface area contributed by atoms with Crippen LogP contribution in [0.3, 0.4) is 0 Å². The second kappa shape index (κ2) is 8.37. The minimum atomic E-state index is -0.534. The van der Waals surface area contributed by atoms with Crippen molar-refractivity contribution in [2.45, 2.75) is 50.5 Å². The van der Waals surface area contributed by atoms with Gasteiger partial charge in [-0.25, -0.2) is 0 Å². The highest BCUT2D eigenvalue weighted by molar-refractivity contribution is 5.13. The third kappa shape index (κ3) is 5.21. The number of hydrogen-bond donors (Lipinski definition) is 3. The van der Waals surface area contributed by atoms with E-state index in [0.29, 0.717) is 19.8 Å². The van der Waals surface area contributed by atoms with Crippen LogP contribution in [0, 0.1) is 0 Å². The molecule has 1 saturated carbocycles. The summed E-state index contributed by atoms with van der Waals surface area (Å²) < 4.78 is 5.50. The van der Waals surface area contributed by atoms with Crippen LogP contribution < -0.4 is 5.32 Å². The monoisotopic (exact) mass is 279 g/mol. The first-order valence-corrected chi connectivity index (χ1v) is 7.47. The maximum absolute atomic E-state index is 9.87. The number of hydrogen-bond acceptors (Lipinski definition) is 4. The van der Waals surface area contributed by atoms with Crippen molar-refractivity contribution in [2.24, 2.45) is 0 Å². The minimum absolute atomic E-state index is 0.118. The fraction of sp³-hybridized carbons (Fsp3) is 0.625. The van der Waals surface area contributed by atoms with Gasteiger partial charge in [0.25, 0.3) is 0 Å². The largest absolute Gasteiger partial charge is 0.392 e. The van der Waals surface area contributed by atoms with E-state index < -0.39 is 6.10 Å². The van der Waals surface area contributed by atoms with Crippen LogP contribution in [-0.2, 0) is 11.3 Å². The van der Waals surface area contributed by atoms with Gasteiger partial charge in [0.1, 0.15) is 0 Å². The molecule has 0 radical (unpaired) electrons. The van der Waals surface area contributed by atoms with Gasteiger partial charge in [-0.05, 0) is 18.4 Å². The predicted molar refractivity (Wildman–Crippen MR) is 78.4 cm³/mol. The van der Waals surface area contributed by atoms with Gasteiger partial charge in [0.15, 0.2) is 0 Å². The zero-order valence-corrected chi connectivity index (χ0v) is 11.9. The molecule has 0 heterocycles. The van der Waals surface area contributed by atoms with E-state index in [4.69, 9.17) is 4.74 Å². The quantitative estimate of drug-likeness (QED) is 0.707. The van der Waals surface area contributed by atoms with E-state index in [1.165, 1.54) is 0 Å². The van der Waals surface area contributed by atoms with Gasteiger partial charge in [-0.2, -0.15) is 0 Å². The summed E-state index contributed by atoms with van der Waals surface area (Å²) in [6, 6.07) is 10.0. The van der Waals surface area contributed by atoms with Crippen LogP contribution >= 0.6 is 0 Å².